The Hall–Kier alpha value is -6.46. The number of hydrogen-bond donors (Lipinski definition) is 0. The zero-order chi connectivity index (χ0) is 40.8. The lowest BCUT2D eigenvalue weighted by Crippen LogP contribution is -2.34. The second kappa shape index (κ2) is 10.6. The van der Waals surface area contributed by atoms with Crippen molar-refractivity contribution in [2.24, 2.45) is 0 Å². The number of benzene rings is 3. The van der Waals surface area contributed by atoms with Crippen LogP contribution in [0.1, 0.15) is 27.8 Å². The van der Waals surface area contributed by atoms with Gasteiger partial charge in [-0.1, -0.05) is 38.9 Å². The van der Waals surface area contributed by atoms with Crippen molar-refractivity contribution in [2.75, 3.05) is 0 Å². The lowest BCUT2D eigenvalue weighted by atomic mass is 9.94. The van der Waals surface area contributed by atoms with Gasteiger partial charge in [0.15, 0.2) is 0 Å². The molecule has 0 heterocycles. The summed E-state index contributed by atoms with van der Waals surface area (Å²) in [5.74, 6) is -9.35. The average molecular weight is 807 g/mol. The first-order valence-corrected chi connectivity index (χ1v) is 17.6. The summed E-state index contributed by atoms with van der Waals surface area (Å²) in [4.78, 5) is 0.817. The van der Waals surface area contributed by atoms with Crippen LogP contribution in [0.5, 0.6) is 0 Å². The van der Waals surface area contributed by atoms with Crippen molar-refractivity contribution < 1.29 is 56.4 Å². The second-order valence-corrected chi connectivity index (χ2v) is 16.0. The SMILES string of the molecule is [C-]#[N+]C([N+]#[C-])=C1Cc2c(S(F)(F)(F)(F)F)c3c(c(S(F)(F)(F)(F)F)c2=C1c1cc(F)c([N+]#[C-])c(F)c1)CC(=C(C#N)C#N)C=3c1cc(F)c(C#N)c(F)c1. The predicted octanol–water partition coefficient (Wildman–Crippen LogP) is 10.9. The number of fused-ring (bicyclic) bond motifs is 2. The van der Waals surface area contributed by atoms with E-state index < -0.39 is 144 Å². The molecule has 0 fully saturated rings. The van der Waals surface area contributed by atoms with Gasteiger partial charge in [0.25, 0.3) is 5.69 Å². The van der Waals surface area contributed by atoms with E-state index in [0.717, 1.165) is 18.2 Å². The summed E-state index contributed by atoms with van der Waals surface area (Å²) in [6, 6.07) is 2.90. The fourth-order valence-corrected chi connectivity index (χ4v) is 8.86. The highest BCUT2D eigenvalue weighted by molar-refractivity contribution is 8.46. The Morgan fingerprint density at radius 2 is 0.963 bits per heavy atom. The molecule has 0 saturated heterocycles. The fourth-order valence-electron chi connectivity index (χ4n) is 6.35. The zero-order valence-electron chi connectivity index (χ0n) is 25.5. The van der Waals surface area contributed by atoms with Gasteiger partial charge in [0, 0.05) is 16.9 Å². The van der Waals surface area contributed by atoms with Crippen molar-refractivity contribution in [3.8, 4) is 18.2 Å². The molecule has 0 aliphatic heterocycles. The minimum absolute atomic E-state index is 0.0388. The molecule has 6 nitrogen and oxygen atoms in total. The minimum Gasteiger partial charge on any atom is -0.232 e. The Kier molecular flexibility index (Phi) is 7.59. The number of nitriles is 3. The van der Waals surface area contributed by atoms with Crippen molar-refractivity contribution >= 4 is 37.3 Å². The van der Waals surface area contributed by atoms with Crippen LogP contribution in [-0.4, -0.2) is 0 Å². The first-order valence-electron chi connectivity index (χ1n) is 13.7. The molecule has 22 heteroatoms. The maximum atomic E-state index is 15.5. The Balaban J connectivity index is 2.37. The lowest BCUT2D eigenvalue weighted by molar-refractivity contribution is 0.352. The van der Waals surface area contributed by atoms with E-state index in [0.29, 0.717) is 0 Å². The average Bonchev–Trinajstić information content (AvgIpc) is 3.56. The number of allylic oxidation sites excluding steroid dienone is 3. The van der Waals surface area contributed by atoms with Crippen molar-refractivity contribution in [1.29, 1.82) is 15.8 Å². The van der Waals surface area contributed by atoms with Gasteiger partial charge in [0.05, 0.1) is 12.1 Å². The smallest absolute Gasteiger partial charge is 0.232 e. The Morgan fingerprint density at radius 3 is 1.30 bits per heavy atom. The van der Waals surface area contributed by atoms with Gasteiger partial charge in [-0.2, -0.15) is 25.5 Å². The molecule has 3 aromatic carbocycles. The summed E-state index contributed by atoms with van der Waals surface area (Å²) in [6.07, 6.45) is -4.12. The summed E-state index contributed by atoms with van der Waals surface area (Å²) in [7, 11) is -23.5. The van der Waals surface area contributed by atoms with Crippen LogP contribution >= 0.6 is 20.4 Å². The molecule has 0 saturated carbocycles. The largest absolute Gasteiger partial charge is 0.523 e. The normalized spacial score (nSPS) is 16.1. The second-order valence-electron chi connectivity index (χ2n) is 11.3. The van der Waals surface area contributed by atoms with Crippen molar-refractivity contribution in [2.45, 2.75) is 22.6 Å². The monoisotopic (exact) mass is 806 g/mol. The maximum absolute atomic E-state index is 15.5. The van der Waals surface area contributed by atoms with Crippen molar-refractivity contribution in [3.05, 3.63) is 143 Å². The third kappa shape index (κ3) is 6.12. The summed E-state index contributed by atoms with van der Waals surface area (Å²) in [5, 5.41) is 23.1. The molecule has 0 bridgehead atoms. The van der Waals surface area contributed by atoms with E-state index >= 15 is 38.9 Å². The first kappa shape index (κ1) is 38.8. The van der Waals surface area contributed by atoms with Gasteiger partial charge >= 0.3 is 26.3 Å². The molecule has 0 radical (unpaired) electrons. The number of nitrogens with zero attached hydrogens (tertiary/aromatic N) is 6. The highest BCUT2D eigenvalue weighted by atomic mass is 32.5. The first-order chi connectivity index (χ1) is 24.5. The molecule has 3 aromatic rings. The van der Waals surface area contributed by atoms with Crippen LogP contribution in [-0.2, 0) is 12.8 Å². The van der Waals surface area contributed by atoms with E-state index in [1.807, 2.05) is 0 Å². The predicted molar refractivity (Wildman–Crippen MR) is 163 cm³/mol. The van der Waals surface area contributed by atoms with Gasteiger partial charge in [-0.05, 0) is 69.7 Å². The van der Waals surface area contributed by atoms with Crippen LogP contribution in [0.25, 0.3) is 25.7 Å². The van der Waals surface area contributed by atoms with Gasteiger partial charge in [-0.25, -0.2) is 22.4 Å². The van der Waals surface area contributed by atoms with E-state index in [2.05, 4.69) is 14.5 Å². The maximum Gasteiger partial charge on any atom is 0.523 e. The fraction of sp³-hybridized carbons (Fsp3) is 0.0625. The number of hydrogen-bond acceptors (Lipinski definition) is 3. The molecule has 0 amide bonds. The van der Waals surface area contributed by atoms with Crippen LogP contribution in [0.4, 0.5) is 62.1 Å². The molecule has 0 aromatic heterocycles. The molecular weight excluding hydrogens is 798 g/mol. The van der Waals surface area contributed by atoms with Gasteiger partial charge in [0.1, 0.15) is 75.5 Å². The van der Waals surface area contributed by atoms with Crippen molar-refractivity contribution in [1.82, 2.24) is 0 Å². The van der Waals surface area contributed by atoms with Crippen LogP contribution in [0.15, 0.2) is 56.6 Å². The highest BCUT2D eigenvalue weighted by Crippen LogP contribution is 3.04. The van der Waals surface area contributed by atoms with E-state index in [4.69, 9.17) is 25.0 Å². The summed E-state index contributed by atoms with van der Waals surface area (Å²) >= 11 is 0. The third-order valence-corrected chi connectivity index (χ3v) is 10.5. The third-order valence-electron chi connectivity index (χ3n) is 8.06. The Morgan fingerprint density at radius 1 is 0.593 bits per heavy atom. The number of halogens is 14. The molecule has 54 heavy (non-hydrogen) atoms. The molecule has 0 atom stereocenters. The molecule has 0 spiro atoms. The lowest BCUT2D eigenvalue weighted by Gasteiger charge is -2.45. The summed E-state index contributed by atoms with van der Waals surface area (Å²) in [5.41, 5.74) is -18.6. The van der Waals surface area contributed by atoms with Crippen LogP contribution < -0.4 is 10.4 Å². The van der Waals surface area contributed by atoms with E-state index in [-0.39, 0.29) is 24.3 Å². The van der Waals surface area contributed by atoms with E-state index in [1.54, 1.807) is 0 Å². The molecule has 2 aliphatic rings. The quantitative estimate of drug-likeness (QED) is 0.150. The summed E-state index contributed by atoms with van der Waals surface area (Å²) in [6.45, 7) is 21.4. The highest BCUT2D eigenvalue weighted by Gasteiger charge is 2.72. The Labute approximate surface area is 292 Å². The molecule has 0 N–H and O–H groups in total. The standard InChI is InChI=1S/C32H8F14N6S2/c1-50-29-23(35)6-14(7-24(29)36)26-19(32(51-2)52-3)9-18-28(26)30(53(37,38,39,40)41)17-8-16(15(10-47)11-48)25(27(17)31(18)54(42,43,44,45)46)13-4-21(33)20(12-49)22(34)5-13/h4-7H,8-9H2. The Bertz CT molecular complexity index is 2560. The van der Waals surface area contributed by atoms with E-state index in [1.165, 1.54) is 0 Å². The van der Waals surface area contributed by atoms with Gasteiger partial charge in [0.2, 0.25) is 0 Å². The molecule has 0 unspecified atom stereocenters. The molecule has 5 rings (SSSR count). The van der Waals surface area contributed by atoms with Crippen LogP contribution in [0.2, 0.25) is 0 Å². The van der Waals surface area contributed by atoms with Crippen LogP contribution in [0.3, 0.4) is 0 Å². The van der Waals surface area contributed by atoms with Gasteiger partial charge in [-0.15, -0.1) is 0 Å². The van der Waals surface area contributed by atoms with Gasteiger partial charge in [-0.3, -0.25) is 0 Å². The zero-order valence-corrected chi connectivity index (χ0v) is 27.1. The molecule has 276 valence electrons. The number of rotatable bonds is 4. The van der Waals surface area contributed by atoms with Crippen LogP contribution in [0, 0.1) is 77.0 Å². The van der Waals surface area contributed by atoms with E-state index in [9.17, 15) is 28.1 Å². The van der Waals surface area contributed by atoms with Gasteiger partial charge < -0.3 is 0 Å². The summed E-state index contributed by atoms with van der Waals surface area (Å²) < 4.78 is 214. The topological polar surface area (TPSA) is 84.5 Å². The van der Waals surface area contributed by atoms with Crippen molar-refractivity contribution in [3.63, 3.8) is 0 Å². The minimum atomic E-state index is -11.7. The molecule has 2 aliphatic carbocycles. The molecular formula is C32H8F14N6S2.